The molecule has 0 aromatic heterocycles. The summed E-state index contributed by atoms with van der Waals surface area (Å²) in [4.78, 5) is 2.19. The first-order chi connectivity index (χ1) is 9.05. The summed E-state index contributed by atoms with van der Waals surface area (Å²) in [6.07, 6.45) is -0.986. The molecule has 0 atom stereocenters. The highest BCUT2D eigenvalue weighted by atomic mass is 32.2. The number of piperidine rings is 2. The second kappa shape index (κ2) is 7.18. The highest BCUT2D eigenvalue weighted by molar-refractivity contribution is 7.99. The summed E-state index contributed by atoms with van der Waals surface area (Å²) < 4.78 is 37.6. The second-order valence-corrected chi connectivity index (χ2v) is 6.89. The number of alkyl halides is 3. The Balaban J connectivity index is 1.58. The van der Waals surface area contributed by atoms with Gasteiger partial charge in [-0.2, -0.15) is 24.9 Å². The number of thioether (sulfide) groups is 1. The van der Waals surface area contributed by atoms with E-state index < -0.39 is 12.1 Å². The molecular formula is C13H23F3N2S. The molecule has 19 heavy (non-hydrogen) atoms. The molecule has 2 fully saturated rings. The van der Waals surface area contributed by atoms with Gasteiger partial charge in [-0.25, -0.2) is 0 Å². The number of hydrogen-bond acceptors (Lipinski definition) is 3. The number of rotatable bonds is 4. The van der Waals surface area contributed by atoms with Gasteiger partial charge in [0.1, 0.15) is 0 Å². The van der Waals surface area contributed by atoms with E-state index >= 15 is 0 Å². The number of likely N-dealkylation sites (tertiary alicyclic amines) is 1. The number of halogens is 3. The minimum absolute atomic E-state index is 0.279. The van der Waals surface area contributed by atoms with Gasteiger partial charge in [0.15, 0.2) is 0 Å². The van der Waals surface area contributed by atoms with Crippen LogP contribution in [0.4, 0.5) is 13.2 Å². The van der Waals surface area contributed by atoms with Crippen molar-refractivity contribution in [3.63, 3.8) is 0 Å². The van der Waals surface area contributed by atoms with Gasteiger partial charge in [-0.1, -0.05) is 0 Å². The minimum atomic E-state index is -3.99. The Morgan fingerprint density at radius 1 is 1.05 bits per heavy atom. The molecule has 2 heterocycles. The zero-order valence-corrected chi connectivity index (χ0v) is 12.0. The lowest BCUT2D eigenvalue weighted by Crippen LogP contribution is -2.40. The first kappa shape index (κ1) is 15.4. The van der Waals surface area contributed by atoms with Gasteiger partial charge in [-0.15, -0.1) is 0 Å². The van der Waals surface area contributed by atoms with E-state index in [-0.39, 0.29) is 12.8 Å². The van der Waals surface area contributed by atoms with Gasteiger partial charge >= 0.3 is 6.18 Å². The SMILES string of the molecule is FC(F)(F)C1CCN(CCSC2CCNCC2)CC1. The summed E-state index contributed by atoms with van der Waals surface area (Å²) in [6, 6.07) is 0. The van der Waals surface area contributed by atoms with Crippen LogP contribution in [-0.4, -0.2) is 54.8 Å². The third-order valence-corrected chi connectivity index (χ3v) is 5.46. The first-order valence-corrected chi connectivity index (χ1v) is 8.22. The summed E-state index contributed by atoms with van der Waals surface area (Å²) in [5.74, 6) is -0.0118. The molecule has 112 valence electrons. The summed E-state index contributed by atoms with van der Waals surface area (Å²) in [5.41, 5.74) is 0. The average Bonchev–Trinajstić information content (AvgIpc) is 2.39. The van der Waals surface area contributed by atoms with Crippen LogP contribution in [0.1, 0.15) is 25.7 Å². The van der Waals surface area contributed by atoms with Crippen LogP contribution in [-0.2, 0) is 0 Å². The van der Waals surface area contributed by atoms with Crippen molar-refractivity contribution < 1.29 is 13.2 Å². The fraction of sp³-hybridized carbons (Fsp3) is 1.00. The van der Waals surface area contributed by atoms with Crippen LogP contribution in [0.3, 0.4) is 0 Å². The average molecular weight is 296 g/mol. The van der Waals surface area contributed by atoms with Crippen molar-refractivity contribution in [3.05, 3.63) is 0 Å². The normalized spacial score (nSPS) is 24.8. The van der Waals surface area contributed by atoms with E-state index in [0.717, 1.165) is 30.6 Å². The molecule has 0 spiro atoms. The standard InChI is InChI=1S/C13H23F3N2S/c14-13(15,16)11-3-7-18(8-4-11)9-10-19-12-1-5-17-6-2-12/h11-12,17H,1-10H2. The molecule has 0 saturated carbocycles. The second-order valence-electron chi connectivity index (χ2n) is 5.48. The number of nitrogens with one attached hydrogen (secondary N) is 1. The van der Waals surface area contributed by atoms with E-state index in [2.05, 4.69) is 10.2 Å². The summed E-state index contributed by atoms with van der Waals surface area (Å²) >= 11 is 1.99. The van der Waals surface area contributed by atoms with Crippen LogP contribution < -0.4 is 5.32 Å². The lowest BCUT2D eigenvalue weighted by Gasteiger charge is -2.33. The highest BCUT2D eigenvalue weighted by Crippen LogP contribution is 2.34. The van der Waals surface area contributed by atoms with Gasteiger partial charge in [0.25, 0.3) is 0 Å². The molecule has 6 heteroatoms. The third kappa shape index (κ3) is 5.16. The maximum absolute atomic E-state index is 12.5. The van der Waals surface area contributed by atoms with E-state index in [0.29, 0.717) is 13.1 Å². The van der Waals surface area contributed by atoms with Crippen LogP contribution >= 0.6 is 11.8 Å². The van der Waals surface area contributed by atoms with Crippen molar-refractivity contribution in [2.24, 2.45) is 5.92 Å². The highest BCUT2D eigenvalue weighted by Gasteiger charge is 2.40. The van der Waals surface area contributed by atoms with Crippen LogP contribution in [0.25, 0.3) is 0 Å². The third-order valence-electron chi connectivity index (χ3n) is 4.10. The predicted octanol–water partition coefficient (Wildman–Crippen LogP) is 2.75. The van der Waals surface area contributed by atoms with Crippen LogP contribution in [0, 0.1) is 5.92 Å². The van der Waals surface area contributed by atoms with Crippen LogP contribution in [0.2, 0.25) is 0 Å². The molecule has 2 aliphatic heterocycles. The van der Waals surface area contributed by atoms with Crippen LogP contribution in [0.5, 0.6) is 0 Å². The Bertz CT molecular complexity index is 259. The Hall–Kier alpha value is 0.0600. The van der Waals surface area contributed by atoms with Crippen molar-refractivity contribution >= 4 is 11.8 Å². The zero-order valence-electron chi connectivity index (χ0n) is 11.2. The maximum atomic E-state index is 12.5. The molecule has 0 aromatic carbocycles. The van der Waals surface area contributed by atoms with Crippen LogP contribution in [0.15, 0.2) is 0 Å². The van der Waals surface area contributed by atoms with Gasteiger partial charge in [0.2, 0.25) is 0 Å². The maximum Gasteiger partial charge on any atom is 0.391 e. The topological polar surface area (TPSA) is 15.3 Å². The molecule has 0 bridgehead atoms. The fourth-order valence-corrected chi connectivity index (χ4v) is 4.06. The molecule has 0 unspecified atom stereocenters. The van der Waals surface area contributed by atoms with Gasteiger partial charge < -0.3 is 10.2 Å². The molecule has 1 N–H and O–H groups in total. The molecule has 0 aromatic rings. The monoisotopic (exact) mass is 296 g/mol. The van der Waals surface area contributed by atoms with E-state index in [4.69, 9.17) is 0 Å². The molecule has 2 aliphatic rings. The van der Waals surface area contributed by atoms with E-state index in [1.165, 1.54) is 12.8 Å². The number of hydrogen-bond donors (Lipinski definition) is 1. The molecule has 0 radical (unpaired) electrons. The smallest absolute Gasteiger partial charge is 0.317 e. The van der Waals surface area contributed by atoms with E-state index in [9.17, 15) is 13.2 Å². The molecule has 2 saturated heterocycles. The molecule has 0 aliphatic carbocycles. The van der Waals surface area contributed by atoms with Crippen molar-refractivity contribution in [1.82, 2.24) is 10.2 Å². The van der Waals surface area contributed by atoms with E-state index in [1.54, 1.807) is 0 Å². The Morgan fingerprint density at radius 3 is 2.26 bits per heavy atom. The Labute approximate surface area is 117 Å². The fourth-order valence-electron chi connectivity index (χ4n) is 2.79. The summed E-state index contributed by atoms with van der Waals surface area (Å²) in [6.45, 7) is 4.37. The predicted molar refractivity (Wildman–Crippen MR) is 73.6 cm³/mol. The van der Waals surface area contributed by atoms with Crippen molar-refractivity contribution in [3.8, 4) is 0 Å². The molecule has 2 rings (SSSR count). The minimum Gasteiger partial charge on any atom is -0.317 e. The number of nitrogens with zero attached hydrogens (tertiary/aromatic N) is 1. The zero-order chi connectivity index (χ0) is 13.7. The molecule has 0 amide bonds. The largest absolute Gasteiger partial charge is 0.391 e. The Morgan fingerprint density at radius 2 is 1.68 bits per heavy atom. The van der Waals surface area contributed by atoms with Gasteiger partial charge in [0, 0.05) is 17.5 Å². The summed E-state index contributed by atoms with van der Waals surface area (Å²) in [5, 5.41) is 4.09. The van der Waals surface area contributed by atoms with Gasteiger partial charge in [-0.3, -0.25) is 0 Å². The van der Waals surface area contributed by atoms with E-state index in [1.807, 2.05) is 11.8 Å². The lowest BCUT2D eigenvalue weighted by molar-refractivity contribution is -0.184. The molecule has 2 nitrogen and oxygen atoms in total. The van der Waals surface area contributed by atoms with Gasteiger partial charge in [-0.05, 0) is 51.9 Å². The Kier molecular flexibility index (Phi) is 5.84. The van der Waals surface area contributed by atoms with Crippen molar-refractivity contribution in [2.75, 3.05) is 38.5 Å². The quantitative estimate of drug-likeness (QED) is 0.859. The summed E-state index contributed by atoms with van der Waals surface area (Å²) in [7, 11) is 0. The lowest BCUT2D eigenvalue weighted by atomic mass is 9.96. The van der Waals surface area contributed by atoms with Crippen molar-refractivity contribution in [2.45, 2.75) is 37.1 Å². The molecular weight excluding hydrogens is 273 g/mol. The van der Waals surface area contributed by atoms with Crippen molar-refractivity contribution in [1.29, 1.82) is 0 Å². The first-order valence-electron chi connectivity index (χ1n) is 7.17. The van der Waals surface area contributed by atoms with Gasteiger partial charge in [0.05, 0.1) is 5.92 Å².